The Morgan fingerprint density at radius 1 is 1.38 bits per heavy atom. The highest BCUT2D eigenvalue weighted by Gasteiger charge is 2.48. The minimum absolute atomic E-state index is 0.228. The fourth-order valence-corrected chi connectivity index (χ4v) is 2.87. The van der Waals surface area contributed by atoms with Crippen molar-refractivity contribution in [2.45, 2.75) is 13.3 Å². The van der Waals surface area contributed by atoms with Crippen LogP contribution >= 0.6 is 11.3 Å². The van der Waals surface area contributed by atoms with Gasteiger partial charge < -0.3 is 10.4 Å². The van der Waals surface area contributed by atoms with Crippen LogP contribution in [0.1, 0.15) is 11.4 Å². The molecule has 2 atom stereocenters. The van der Waals surface area contributed by atoms with Gasteiger partial charge in [0.05, 0.1) is 22.5 Å². The lowest BCUT2D eigenvalue weighted by molar-refractivity contribution is -0.139. The zero-order valence-corrected chi connectivity index (χ0v) is 12.2. The van der Waals surface area contributed by atoms with Crippen LogP contribution in [0.5, 0.6) is 0 Å². The molecule has 6 heteroatoms. The van der Waals surface area contributed by atoms with E-state index in [1.54, 1.807) is 17.4 Å². The molecule has 21 heavy (non-hydrogen) atoms. The molecule has 1 fully saturated rings. The van der Waals surface area contributed by atoms with Crippen molar-refractivity contribution in [3.63, 3.8) is 0 Å². The van der Waals surface area contributed by atoms with Crippen molar-refractivity contribution in [3.8, 4) is 11.3 Å². The largest absolute Gasteiger partial charge is 0.481 e. The first-order chi connectivity index (χ1) is 10.0. The van der Waals surface area contributed by atoms with Crippen molar-refractivity contribution in [1.82, 2.24) is 4.98 Å². The maximum atomic E-state index is 12.0. The quantitative estimate of drug-likeness (QED) is 0.910. The molecule has 1 aromatic carbocycles. The van der Waals surface area contributed by atoms with E-state index in [0.29, 0.717) is 12.1 Å². The van der Waals surface area contributed by atoms with Crippen LogP contribution in [0.15, 0.2) is 29.6 Å². The smallest absolute Gasteiger partial charge is 0.307 e. The number of thiazole rings is 1. The first kappa shape index (κ1) is 13.8. The van der Waals surface area contributed by atoms with Crippen LogP contribution in [-0.4, -0.2) is 22.0 Å². The molecular formula is C15H14N2O3S. The predicted octanol–water partition coefficient (Wildman–Crippen LogP) is 2.78. The highest BCUT2D eigenvalue weighted by Crippen LogP contribution is 2.39. The van der Waals surface area contributed by atoms with E-state index in [4.69, 9.17) is 5.11 Å². The van der Waals surface area contributed by atoms with Crippen LogP contribution in [0.2, 0.25) is 0 Å². The number of benzene rings is 1. The number of rotatable bonds is 4. The Morgan fingerprint density at radius 2 is 2.19 bits per heavy atom. The average Bonchev–Trinajstić information content (AvgIpc) is 3.15. The third kappa shape index (κ3) is 2.95. The summed E-state index contributed by atoms with van der Waals surface area (Å²) in [6.07, 6.45) is 0.423. The second-order valence-corrected chi connectivity index (χ2v) is 6.17. The van der Waals surface area contributed by atoms with Crippen LogP contribution in [0.3, 0.4) is 0 Å². The number of carboxylic acid groups (broad SMARTS) is 1. The summed E-state index contributed by atoms with van der Waals surface area (Å²) < 4.78 is 0. The molecule has 1 heterocycles. The van der Waals surface area contributed by atoms with Gasteiger partial charge in [0.15, 0.2) is 0 Å². The minimum atomic E-state index is -0.901. The first-order valence-electron chi connectivity index (χ1n) is 6.61. The molecule has 2 N–H and O–H groups in total. The van der Waals surface area contributed by atoms with E-state index in [9.17, 15) is 9.59 Å². The Hall–Kier alpha value is -2.21. The number of anilines is 1. The number of carbonyl (C=O) groups is 2. The van der Waals surface area contributed by atoms with Crippen LogP contribution in [0, 0.1) is 18.8 Å². The van der Waals surface area contributed by atoms with Gasteiger partial charge in [-0.05, 0) is 25.5 Å². The van der Waals surface area contributed by atoms with Gasteiger partial charge in [-0.15, -0.1) is 11.3 Å². The summed E-state index contributed by atoms with van der Waals surface area (Å²) in [5, 5.41) is 14.6. The van der Waals surface area contributed by atoms with Gasteiger partial charge >= 0.3 is 5.97 Å². The molecule has 5 nitrogen and oxygen atoms in total. The first-order valence-corrected chi connectivity index (χ1v) is 7.49. The standard InChI is InChI=1S/C15H14N2O3S/c1-8-16-13(7-21-8)9-3-2-4-10(5-9)17-14(18)11-6-12(11)15(19)20/h2-5,7,11-12H,6H2,1H3,(H,17,18)(H,19,20). The number of carboxylic acids is 1. The van der Waals surface area contributed by atoms with E-state index < -0.39 is 17.8 Å². The second-order valence-electron chi connectivity index (χ2n) is 5.11. The summed E-state index contributed by atoms with van der Waals surface area (Å²) in [7, 11) is 0. The van der Waals surface area contributed by atoms with E-state index in [0.717, 1.165) is 16.3 Å². The van der Waals surface area contributed by atoms with Crippen LogP contribution in [0.4, 0.5) is 5.69 Å². The second kappa shape index (κ2) is 5.29. The van der Waals surface area contributed by atoms with Gasteiger partial charge in [0.1, 0.15) is 0 Å². The lowest BCUT2D eigenvalue weighted by Gasteiger charge is -2.06. The van der Waals surface area contributed by atoms with Gasteiger partial charge in [-0.2, -0.15) is 0 Å². The number of aliphatic carboxylic acids is 1. The summed E-state index contributed by atoms with van der Waals surface area (Å²) >= 11 is 1.57. The molecule has 2 unspecified atom stereocenters. The molecule has 0 radical (unpaired) electrons. The molecule has 1 amide bonds. The Morgan fingerprint density at radius 3 is 2.81 bits per heavy atom. The van der Waals surface area contributed by atoms with Crippen molar-refractivity contribution in [3.05, 3.63) is 34.7 Å². The van der Waals surface area contributed by atoms with Crippen molar-refractivity contribution in [2.24, 2.45) is 11.8 Å². The number of amides is 1. The zero-order valence-electron chi connectivity index (χ0n) is 11.4. The van der Waals surface area contributed by atoms with E-state index in [1.165, 1.54) is 0 Å². The summed E-state index contributed by atoms with van der Waals surface area (Å²) in [6.45, 7) is 1.94. The molecule has 0 aliphatic heterocycles. The highest BCUT2D eigenvalue weighted by molar-refractivity contribution is 7.09. The Balaban J connectivity index is 1.72. The van der Waals surface area contributed by atoms with Gasteiger partial charge in [0, 0.05) is 16.6 Å². The number of nitrogens with zero attached hydrogens (tertiary/aromatic N) is 1. The number of carbonyl (C=O) groups excluding carboxylic acids is 1. The molecule has 1 aliphatic rings. The lowest BCUT2D eigenvalue weighted by Crippen LogP contribution is -2.16. The molecule has 0 spiro atoms. The maximum Gasteiger partial charge on any atom is 0.307 e. The monoisotopic (exact) mass is 302 g/mol. The molecule has 1 aliphatic carbocycles. The Kier molecular flexibility index (Phi) is 3.47. The zero-order chi connectivity index (χ0) is 15.0. The molecule has 2 aromatic rings. The van der Waals surface area contributed by atoms with Gasteiger partial charge in [-0.1, -0.05) is 12.1 Å². The number of aryl methyl sites for hydroxylation is 1. The molecule has 108 valence electrons. The average molecular weight is 302 g/mol. The van der Waals surface area contributed by atoms with Crippen molar-refractivity contribution in [2.75, 3.05) is 5.32 Å². The van der Waals surface area contributed by atoms with Gasteiger partial charge in [0.2, 0.25) is 5.91 Å². The molecular weight excluding hydrogens is 288 g/mol. The van der Waals surface area contributed by atoms with Crippen LogP contribution in [0.25, 0.3) is 11.3 Å². The molecule has 0 bridgehead atoms. The molecule has 3 rings (SSSR count). The van der Waals surface area contributed by atoms with Gasteiger partial charge in [-0.25, -0.2) is 4.98 Å². The van der Waals surface area contributed by atoms with E-state index in [-0.39, 0.29) is 5.91 Å². The number of nitrogens with one attached hydrogen (secondary N) is 1. The fourth-order valence-electron chi connectivity index (χ4n) is 2.24. The Labute approximate surface area is 125 Å². The summed E-state index contributed by atoms with van der Waals surface area (Å²) in [6, 6.07) is 7.42. The normalized spacial score (nSPS) is 20.0. The molecule has 1 saturated carbocycles. The number of aromatic nitrogens is 1. The van der Waals surface area contributed by atoms with Gasteiger partial charge in [-0.3, -0.25) is 9.59 Å². The van der Waals surface area contributed by atoms with Gasteiger partial charge in [0.25, 0.3) is 0 Å². The van der Waals surface area contributed by atoms with Crippen LogP contribution < -0.4 is 5.32 Å². The molecule has 0 saturated heterocycles. The maximum absolute atomic E-state index is 12.0. The summed E-state index contributed by atoms with van der Waals surface area (Å²) in [5.74, 6) is -2.07. The van der Waals surface area contributed by atoms with Crippen molar-refractivity contribution < 1.29 is 14.7 Å². The topological polar surface area (TPSA) is 79.3 Å². The van der Waals surface area contributed by atoms with E-state index >= 15 is 0 Å². The van der Waals surface area contributed by atoms with E-state index in [2.05, 4.69) is 10.3 Å². The third-order valence-corrected chi connectivity index (χ3v) is 4.26. The molecule has 1 aromatic heterocycles. The van der Waals surface area contributed by atoms with Crippen molar-refractivity contribution >= 4 is 28.9 Å². The Bertz CT molecular complexity index is 710. The van der Waals surface area contributed by atoms with Crippen LogP contribution in [-0.2, 0) is 9.59 Å². The summed E-state index contributed by atoms with van der Waals surface area (Å²) in [5.41, 5.74) is 2.48. The number of hydrogen-bond donors (Lipinski definition) is 2. The lowest BCUT2D eigenvalue weighted by atomic mass is 10.1. The minimum Gasteiger partial charge on any atom is -0.481 e. The number of hydrogen-bond acceptors (Lipinski definition) is 4. The van der Waals surface area contributed by atoms with Crippen molar-refractivity contribution in [1.29, 1.82) is 0 Å². The van der Waals surface area contributed by atoms with E-state index in [1.807, 2.05) is 30.5 Å². The predicted molar refractivity (Wildman–Crippen MR) is 80.1 cm³/mol. The SMILES string of the molecule is Cc1nc(-c2cccc(NC(=O)C3CC3C(=O)O)c2)cs1. The fraction of sp³-hybridized carbons (Fsp3) is 0.267. The highest BCUT2D eigenvalue weighted by atomic mass is 32.1. The summed E-state index contributed by atoms with van der Waals surface area (Å²) in [4.78, 5) is 27.1. The third-order valence-electron chi connectivity index (χ3n) is 3.49.